The summed E-state index contributed by atoms with van der Waals surface area (Å²) in [5.74, 6) is -0.146. The van der Waals surface area contributed by atoms with E-state index in [1.165, 1.54) is 0 Å². The van der Waals surface area contributed by atoms with Crippen molar-refractivity contribution < 1.29 is 4.79 Å². The number of benzene rings is 2. The molecule has 0 aliphatic rings. The van der Waals surface area contributed by atoms with Gasteiger partial charge in [0.05, 0.1) is 33.5 Å². The van der Waals surface area contributed by atoms with Gasteiger partial charge < -0.3 is 5.32 Å². The summed E-state index contributed by atoms with van der Waals surface area (Å²) in [6.45, 7) is 2.44. The van der Waals surface area contributed by atoms with Crippen LogP contribution in [0.15, 0.2) is 42.5 Å². The van der Waals surface area contributed by atoms with E-state index in [9.17, 15) is 4.79 Å². The van der Waals surface area contributed by atoms with Gasteiger partial charge in [-0.25, -0.2) is 4.98 Å². The number of fused-ring (bicyclic) bond motifs is 1. The Morgan fingerprint density at radius 3 is 2.80 bits per heavy atom. The van der Waals surface area contributed by atoms with Crippen LogP contribution < -0.4 is 5.32 Å². The molecule has 3 aromatic rings. The van der Waals surface area contributed by atoms with Gasteiger partial charge in [-0.15, -0.1) is 11.3 Å². The Kier molecular flexibility index (Phi) is 5.59. The lowest BCUT2D eigenvalue weighted by molar-refractivity contribution is -0.120. The van der Waals surface area contributed by atoms with E-state index in [1.54, 1.807) is 29.5 Å². The maximum absolute atomic E-state index is 12.5. The molecule has 2 aromatic carbocycles. The molecule has 0 unspecified atom stereocenters. The Morgan fingerprint density at radius 2 is 2.04 bits per heavy atom. The number of amides is 1. The number of anilines is 1. The highest BCUT2D eigenvalue weighted by Crippen LogP contribution is 2.26. The van der Waals surface area contributed by atoms with Crippen molar-refractivity contribution in [1.82, 2.24) is 9.88 Å². The average Bonchev–Trinajstić information content (AvgIpc) is 2.99. The Bertz CT molecular complexity index is 879. The number of carbonyl (C=O) groups excluding carboxylic acids is 1. The van der Waals surface area contributed by atoms with Crippen molar-refractivity contribution in [3.05, 3.63) is 57.5 Å². The number of thiazole rings is 1. The van der Waals surface area contributed by atoms with E-state index in [2.05, 4.69) is 10.3 Å². The number of aromatic nitrogens is 1. The van der Waals surface area contributed by atoms with Crippen molar-refractivity contribution in [2.24, 2.45) is 0 Å². The lowest BCUT2D eigenvalue weighted by Crippen LogP contribution is -2.39. The first-order chi connectivity index (χ1) is 11.9. The topological polar surface area (TPSA) is 45.2 Å². The van der Waals surface area contributed by atoms with Crippen LogP contribution in [0.3, 0.4) is 0 Å². The summed E-state index contributed by atoms with van der Waals surface area (Å²) >= 11 is 13.7. The summed E-state index contributed by atoms with van der Waals surface area (Å²) in [6.07, 6.45) is 0. The first-order valence-corrected chi connectivity index (χ1v) is 9.32. The molecule has 0 spiro atoms. The number of para-hydroxylation sites is 1. The zero-order chi connectivity index (χ0) is 18.0. The van der Waals surface area contributed by atoms with Crippen LogP contribution in [0.2, 0.25) is 10.0 Å². The van der Waals surface area contributed by atoms with E-state index in [0.29, 0.717) is 22.3 Å². The highest BCUT2D eigenvalue weighted by Gasteiger charge is 2.20. The summed E-state index contributed by atoms with van der Waals surface area (Å²) in [5.41, 5.74) is 1.50. The van der Waals surface area contributed by atoms with Crippen LogP contribution in [0, 0.1) is 0 Å². The van der Waals surface area contributed by atoms with E-state index in [0.717, 1.165) is 15.2 Å². The van der Waals surface area contributed by atoms with Gasteiger partial charge in [0.25, 0.3) is 0 Å². The van der Waals surface area contributed by atoms with E-state index in [4.69, 9.17) is 23.2 Å². The maximum atomic E-state index is 12.5. The monoisotopic (exact) mass is 393 g/mol. The minimum absolute atomic E-state index is 0.146. The quantitative estimate of drug-likeness (QED) is 0.658. The number of hydrogen-bond donors (Lipinski definition) is 1. The fourth-order valence-corrected chi connectivity index (χ4v) is 3.74. The lowest BCUT2D eigenvalue weighted by Gasteiger charge is -2.23. The van der Waals surface area contributed by atoms with Gasteiger partial charge in [0.2, 0.25) is 5.91 Å². The molecule has 0 aliphatic carbocycles. The molecule has 4 nitrogen and oxygen atoms in total. The molecule has 0 saturated heterocycles. The second kappa shape index (κ2) is 7.70. The molecular weight excluding hydrogens is 377 g/mol. The molecule has 1 aromatic heterocycles. The predicted molar refractivity (Wildman–Crippen MR) is 106 cm³/mol. The number of nitrogens with one attached hydrogen (secondary N) is 1. The molecule has 3 rings (SSSR count). The Hall–Kier alpha value is -1.66. The molecular formula is C18H17Cl2N3OS. The molecule has 0 fully saturated rings. The van der Waals surface area contributed by atoms with Crippen molar-refractivity contribution >= 4 is 56.3 Å². The molecule has 130 valence electrons. The van der Waals surface area contributed by atoms with Gasteiger partial charge in [0.1, 0.15) is 5.01 Å². The van der Waals surface area contributed by atoms with Crippen LogP contribution in [0.1, 0.15) is 11.9 Å². The smallest absolute Gasteiger partial charge is 0.241 e. The van der Waals surface area contributed by atoms with Gasteiger partial charge in [0.15, 0.2) is 0 Å². The first kappa shape index (κ1) is 18.1. The zero-order valence-electron chi connectivity index (χ0n) is 13.8. The van der Waals surface area contributed by atoms with Gasteiger partial charge in [-0.2, -0.15) is 0 Å². The van der Waals surface area contributed by atoms with E-state index < -0.39 is 0 Å². The molecule has 0 saturated carbocycles. The highest BCUT2D eigenvalue weighted by atomic mass is 35.5. The SMILES string of the molecule is C[C@@H](C(=O)Nc1cc(Cl)ccc1Cl)N(C)Cc1nc2ccccc2s1. The third-order valence-electron chi connectivity index (χ3n) is 3.95. The molecule has 1 N–H and O–H groups in total. The number of rotatable bonds is 5. The number of nitrogens with zero attached hydrogens (tertiary/aromatic N) is 2. The van der Waals surface area contributed by atoms with Crippen LogP contribution in [0.4, 0.5) is 5.69 Å². The molecule has 1 amide bonds. The third-order valence-corrected chi connectivity index (χ3v) is 5.54. The Labute approximate surface area is 160 Å². The minimum Gasteiger partial charge on any atom is -0.323 e. The fourth-order valence-electron chi connectivity index (χ4n) is 2.37. The van der Waals surface area contributed by atoms with Gasteiger partial charge in [-0.3, -0.25) is 9.69 Å². The van der Waals surface area contributed by atoms with Crippen molar-refractivity contribution in [1.29, 1.82) is 0 Å². The zero-order valence-corrected chi connectivity index (χ0v) is 16.1. The molecule has 0 bridgehead atoms. The van der Waals surface area contributed by atoms with Crippen LogP contribution in [0.5, 0.6) is 0 Å². The van der Waals surface area contributed by atoms with Gasteiger partial charge in [-0.1, -0.05) is 35.3 Å². The van der Waals surface area contributed by atoms with Crippen molar-refractivity contribution in [3.63, 3.8) is 0 Å². The van der Waals surface area contributed by atoms with Crippen LogP contribution in [0.25, 0.3) is 10.2 Å². The predicted octanol–water partition coefficient (Wildman–Crippen LogP) is 5.06. The number of hydrogen-bond acceptors (Lipinski definition) is 4. The van der Waals surface area contributed by atoms with E-state index >= 15 is 0 Å². The normalized spacial score (nSPS) is 12.5. The molecule has 1 heterocycles. The van der Waals surface area contributed by atoms with E-state index in [1.807, 2.05) is 43.1 Å². The van der Waals surface area contributed by atoms with Crippen LogP contribution in [-0.2, 0) is 11.3 Å². The van der Waals surface area contributed by atoms with Gasteiger partial charge in [-0.05, 0) is 44.3 Å². The number of halogens is 2. The average molecular weight is 394 g/mol. The lowest BCUT2D eigenvalue weighted by atomic mass is 10.2. The second-order valence-corrected chi connectivity index (χ2v) is 7.74. The number of carbonyl (C=O) groups is 1. The highest BCUT2D eigenvalue weighted by molar-refractivity contribution is 7.18. The van der Waals surface area contributed by atoms with Gasteiger partial charge in [0, 0.05) is 5.02 Å². The first-order valence-electron chi connectivity index (χ1n) is 7.74. The fraction of sp³-hybridized carbons (Fsp3) is 0.222. The summed E-state index contributed by atoms with van der Waals surface area (Å²) in [6, 6.07) is 12.7. The molecule has 7 heteroatoms. The third kappa shape index (κ3) is 4.30. The largest absolute Gasteiger partial charge is 0.323 e. The molecule has 1 atom stereocenters. The second-order valence-electron chi connectivity index (χ2n) is 5.78. The summed E-state index contributed by atoms with van der Waals surface area (Å²) < 4.78 is 1.15. The Balaban J connectivity index is 1.67. The van der Waals surface area contributed by atoms with Crippen LogP contribution >= 0.6 is 34.5 Å². The van der Waals surface area contributed by atoms with Crippen molar-refractivity contribution in [2.45, 2.75) is 19.5 Å². The van der Waals surface area contributed by atoms with Crippen molar-refractivity contribution in [2.75, 3.05) is 12.4 Å². The van der Waals surface area contributed by atoms with Gasteiger partial charge >= 0.3 is 0 Å². The van der Waals surface area contributed by atoms with Crippen molar-refractivity contribution in [3.8, 4) is 0 Å². The maximum Gasteiger partial charge on any atom is 0.241 e. The summed E-state index contributed by atoms with van der Waals surface area (Å²) in [7, 11) is 1.90. The van der Waals surface area contributed by atoms with E-state index in [-0.39, 0.29) is 11.9 Å². The molecule has 0 aliphatic heterocycles. The minimum atomic E-state index is -0.345. The van der Waals surface area contributed by atoms with Crippen LogP contribution in [-0.4, -0.2) is 28.9 Å². The molecule has 25 heavy (non-hydrogen) atoms. The summed E-state index contributed by atoms with van der Waals surface area (Å²) in [4.78, 5) is 19.1. The molecule has 0 radical (unpaired) electrons. The summed E-state index contributed by atoms with van der Waals surface area (Å²) in [5, 5.41) is 4.79. The standard InChI is InChI=1S/C18H17Cl2N3OS/c1-11(18(24)22-15-9-12(19)7-8-13(15)20)23(2)10-17-21-14-5-3-4-6-16(14)25-17/h3-9,11H,10H2,1-2H3,(H,22,24)/t11-/m0/s1. The Morgan fingerprint density at radius 1 is 1.28 bits per heavy atom. The number of likely N-dealkylation sites (N-methyl/N-ethyl adjacent to an activating group) is 1.